The van der Waals surface area contributed by atoms with Crippen molar-refractivity contribution < 1.29 is 4.79 Å². The van der Waals surface area contributed by atoms with Gasteiger partial charge in [-0.05, 0) is 7.05 Å². The van der Waals surface area contributed by atoms with Crippen molar-refractivity contribution >= 4 is 5.91 Å². The van der Waals surface area contributed by atoms with E-state index < -0.39 is 0 Å². The van der Waals surface area contributed by atoms with Crippen molar-refractivity contribution in [1.82, 2.24) is 9.80 Å². The third-order valence-electron chi connectivity index (χ3n) is 2.48. The number of likely N-dealkylation sites (tertiary alicyclic amines) is 1. The van der Waals surface area contributed by atoms with Gasteiger partial charge in [-0.2, -0.15) is 0 Å². The van der Waals surface area contributed by atoms with E-state index in [-0.39, 0.29) is 5.91 Å². The Bertz CT molecular complexity index is 178. The molecular weight excluding hydrogens is 166 g/mol. The summed E-state index contributed by atoms with van der Waals surface area (Å²) in [5.41, 5.74) is 5.43. The highest BCUT2D eigenvalue weighted by atomic mass is 16.2. The molecule has 0 atom stereocenters. The van der Waals surface area contributed by atoms with E-state index in [0.717, 1.165) is 26.2 Å². The van der Waals surface area contributed by atoms with Gasteiger partial charge in [-0.1, -0.05) is 0 Å². The maximum Gasteiger partial charge on any atom is 0.219 e. The van der Waals surface area contributed by atoms with E-state index in [2.05, 4.69) is 11.9 Å². The van der Waals surface area contributed by atoms with Crippen LogP contribution >= 0.6 is 0 Å². The average Bonchev–Trinajstić information content (AvgIpc) is 1.95. The lowest BCUT2D eigenvalue weighted by Crippen LogP contribution is -2.53. The van der Waals surface area contributed by atoms with Crippen LogP contribution in [0.3, 0.4) is 0 Å². The van der Waals surface area contributed by atoms with Crippen LogP contribution in [0.25, 0.3) is 0 Å². The van der Waals surface area contributed by atoms with Crippen LogP contribution in [0.2, 0.25) is 0 Å². The minimum absolute atomic E-state index is 0.192. The summed E-state index contributed by atoms with van der Waals surface area (Å²) in [6, 6.07) is 0. The molecular formula is C9H19N3O. The van der Waals surface area contributed by atoms with Crippen LogP contribution in [-0.4, -0.2) is 55.5 Å². The van der Waals surface area contributed by atoms with Crippen molar-refractivity contribution in [2.24, 2.45) is 11.7 Å². The zero-order valence-electron chi connectivity index (χ0n) is 8.49. The molecule has 0 unspecified atom stereocenters. The molecule has 76 valence electrons. The molecule has 4 heteroatoms. The van der Waals surface area contributed by atoms with Gasteiger partial charge in [0.15, 0.2) is 0 Å². The Hall–Kier alpha value is -0.610. The number of hydrogen-bond acceptors (Lipinski definition) is 3. The fourth-order valence-electron chi connectivity index (χ4n) is 1.69. The van der Waals surface area contributed by atoms with Crippen molar-refractivity contribution in [3.63, 3.8) is 0 Å². The molecule has 0 aromatic rings. The molecule has 1 fully saturated rings. The summed E-state index contributed by atoms with van der Waals surface area (Å²) in [5.74, 6) is 0.846. The number of nitrogens with zero attached hydrogens (tertiary/aromatic N) is 2. The number of amides is 1. The average molecular weight is 185 g/mol. The summed E-state index contributed by atoms with van der Waals surface area (Å²) in [4.78, 5) is 15.0. The standard InChI is InChI=1S/C9H19N3O/c1-8(13)12-6-9(7-12)5-11(2)4-3-10/h9H,3-7,10H2,1-2H3. The highest BCUT2D eigenvalue weighted by Crippen LogP contribution is 2.15. The predicted molar refractivity (Wildman–Crippen MR) is 52.3 cm³/mol. The third kappa shape index (κ3) is 2.97. The maximum atomic E-state index is 10.9. The first-order valence-electron chi connectivity index (χ1n) is 4.77. The van der Waals surface area contributed by atoms with Gasteiger partial charge in [-0.3, -0.25) is 4.79 Å². The number of rotatable bonds is 4. The molecule has 0 aliphatic carbocycles. The highest BCUT2D eigenvalue weighted by molar-refractivity contribution is 5.74. The van der Waals surface area contributed by atoms with E-state index >= 15 is 0 Å². The van der Waals surface area contributed by atoms with Crippen LogP contribution in [0.1, 0.15) is 6.92 Å². The van der Waals surface area contributed by atoms with Gasteiger partial charge in [0.25, 0.3) is 0 Å². The molecule has 1 aliphatic heterocycles. The van der Waals surface area contributed by atoms with E-state index in [1.807, 2.05) is 4.90 Å². The van der Waals surface area contributed by atoms with Crippen LogP contribution in [-0.2, 0) is 4.79 Å². The Morgan fingerprint density at radius 2 is 2.23 bits per heavy atom. The minimum atomic E-state index is 0.192. The summed E-state index contributed by atoms with van der Waals surface area (Å²) in [5, 5.41) is 0. The van der Waals surface area contributed by atoms with Gasteiger partial charge >= 0.3 is 0 Å². The van der Waals surface area contributed by atoms with E-state index in [9.17, 15) is 4.79 Å². The number of nitrogens with two attached hydrogens (primary N) is 1. The van der Waals surface area contributed by atoms with E-state index in [1.165, 1.54) is 0 Å². The summed E-state index contributed by atoms with van der Waals surface area (Å²) >= 11 is 0. The summed E-state index contributed by atoms with van der Waals surface area (Å²) in [6.07, 6.45) is 0. The van der Waals surface area contributed by atoms with Gasteiger partial charge in [0.05, 0.1) is 0 Å². The smallest absolute Gasteiger partial charge is 0.219 e. The van der Waals surface area contributed by atoms with Crippen LogP contribution < -0.4 is 5.73 Å². The fourth-order valence-corrected chi connectivity index (χ4v) is 1.69. The monoisotopic (exact) mass is 185 g/mol. The zero-order valence-corrected chi connectivity index (χ0v) is 8.49. The molecule has 4 nitrogen and oxygen atoms in total. The first-order chi connectivity index (χ1) is 6.13. The topological polar surface area (TPSA) is 49.6 Å². The molecule has 1 amide bonds. The van der Waals surface area contributed by atoms with E-state index in [4.69, 9.17) is 5.73 Å². The zero-order chi connectivity index (χ0) is 9.84. The van der Waals surface area contributed by atoms with Crippen LogP contribution in [0.15, 0.2) is 0 Å². The Morgan fingerprint density at radius 3 is 2.69 bits per heavy atom. The van der Waals surface area contributed by atoms with Crippen LogP contribution in [0.5, 0.6) is 0 Å². The van der Waals surface area contributed by atoms with Crippen molar-refractivity contribution in [3.05, 3.63) is 0 Å². The molecule has 0 aromatic carbocycles. The lowest BCUT2D eigenvalue weighted by Gasteiger charge is -2.40. The Kier molecular flexibility index (Phi) is 3.69. The number of carbonyl (C=O) groups is 1. The van der Waals surface area contributed by atoms with Crippen molar-refractivity contribution in [2.45, 2.75) is 6.92 Å². The van der Waals surface area contributed by atoms with Gasteiger partial charge in [0.2, 0.25) is 5.91 Å². The normalized spacial score (nSPS) is 17.7. The summed E-state index contributed by atoms with van der Waals surface area (Å²) in [6.45, 7) is 6.17. The second kappa shape index (κ2) is 4.58. The first-order valence-corrected chi connectivity index (χ1v) is 4.77. The Balaban J connectivity index is 2.10. The SMILES string of the molecule is CC(=O)N1CC(CN(C)CCN)C1. The van der Waals surface area contributed by atoms with Gasteiger partial charge < -0.3 is 15.5 Å². The van der Waals surface area contributed by atoms with E-state index in [1.54, 1.807) is 6.92 Å². The van der Waals surface area contributed by atoms with Crippen LogP contribution in [0.4, 0.5) is 0 Å². The number of hydrogen-bond donors (Lipinski definition) is 1. The maximum absolute atomic E-state index is 10.9. The Labute approximate surface area is 79.7 Å². The number of likely N-dealkylation sites (N-methyl/N-ethyl adjacent to an activating group) is 1. The van der Waals surface area contributed by atoms with Gasteiger partial charge in [-0.15, -0.1) is 0 Å². The Morgan fingerprint density at radius 1 is 1.62 bits per heavy atom. The number of carbonyl (C=O) groups excluding carboxylic acids is 1. The lowest BCUT2D eigenvalue weighted by molar-refractivity contribution is -0.135. The minimum Gasteiger partial charge on any atom is -0.342 e. The summed E-state index contributed by atoms with van der Waals surface area (Å²) in [7, 11) is 2.07. The molecule has 1 aliphatic rings. The first kappa shape index (κ1) is 10.5. The van der Waals surface area contributed by atoms with Crippen molar-refractivity contribution in [3.8, 4) is 0 Å². The molecule has 1 rings (SSSR count). The molecule has 0 bridgehead atoms. The molecule has 2 N–H and O–H groups in total. The fraction of sp³-hybridized carbons (Fsp3) is 0.889. The third-order valence-corrected chi connectivity index (χ3v) is 2.48. The molecule has 0 spiro atoms. The highest BCUT2D eigenvalue weighted by Gasteiger charge is 2.28. The molecule has 13 heavy (non-hydrogen) atoms. The molecule has 1 heterocycles. The second-order valence-electron chi connectivity index (χ2n) is 3.84. The molecule has 1 saturated heterocycles. The van der Waals surface area contributed by atoms with Gasteiger partial charge in [0.1, 0.15) is 0 Å². The van der Waals surface area contributed by atoms with Gasteiger partial charge in [-0.25, -0.2) is 0 Å². The van der Waals surface area contributed by atoms with Crippen molar-refractivity contribution in [2.75, 3.05) is 39.8 Å². The molecule has 0 radical (unpaired) electrons. The van der Waals surface area contributed by atoms with Crippen molar-refractivity contribution in [1.29, 1.82) is 0 Å². The predicted octanol–water partition coefficient (Wildman–Crippen LogP) is -0.645. The van der Waals surface area contributed by atoms with Gasteiger partial charge in [0, 0.05) is 45.6 Å². The van der Waals surface area contributed by atoms with Crippen LogP contribution in [0, 0.1) is 5.92 Å². The second-order valence-corrected chi connectivity index (χ2v) is 3.84. The van der Waals surface area contributed by atoms with E-state index in [0.29, 0.717) is 12.5 Å². The molecule has 0 saturated carbocycles. The largest absolute Gasteiger partial charge is 0.342 e. The quantitative estimate of drug-likeness (QED) is 0.633. The lowest BCUT2D eigenvalue weighted by atomic mass is 10.00. The molecule has 0 aromatic heterocycles. The summed E-state index contributed by atoms with van der Waals surface area (Å²) < 4.78 is 0.